The van der Waals surface area contributed by atoms with Crippen molar-refractivity contribution in [1.82, 2.24) is 0 Å². The molecule has 0 unspecified atom stereocenters. The van der Waals surface area contributed by atoms with E-state index in [1.807, 2.05) is 0 Å². The van der Waals surface area contributed by atoms with Crippen LogP contribution in [0.25, 0.3) is 10.8 Å². The van der Waals surface area contributed by atoms with Gasteiger partial charge in [-0.25, -0.2) is 0 Å². The molecule has 0 aliphatic heterocycles. The molecule has 0 N–H and O–H groups in total. The third kappa shape index (κ3) is 3.52. The Hall–Kier alpha value is -2.08. The fourth-order valence-corrected chi connectivity index (χ4v) is 3.01. The fraction of sp³-hybridized carbons (Fsp3) is 0.238. The van der Waals surface area contributed by atoms with E-state index in [1.54, 1.807) is 0 Å². The van der Waals surface area contributed by atoms with Crippen LogP contribution in [0, 0.1) is 5.92 Å². The third-order valence-electron chi connectivity index (χ3n) is 4.22. The van der Waals surface area contributed by atoms with E-state index in [9.17, 15) is 0 Å². The van der Waals surface area contributed by atoms with Gasteiger partial charge in [-0.1, -0.05) is 79.7 Å². The second-order valence-electron chi connectivity index (χ2n) is 5.97. The first-order valence-corrected chi connectivity index (χ1v) is 7.83. The maximum atomic E-state index is 2.37. The molecule has 0 fully saturated rings. The summed E-state index contributed by atoms with van der Waals surface area (Å²) in [5.41, 5.74) is 2.93. The average Bonchev–Trinajstić information content (AvgIpc) is 2.54. The summed E-state index contributed by atoms with van der Waals surface area (Å²) in [6, 6.07) is 26.2. The van der Waals surface area contributed by atoms with Gasteiger partial charge in [0, 0.05) is 0 Å². The summed E-state index contributed by atoms with van der Waals surface area (Å²) >= 11 is 0. The topological polar surface area (TPSA) is 0 Å². The predicted octanol–water partition coefficient (Wildman–Crippen LogP) is 5.65. The largest absolute Gasteiger partial charge is 0.0622 e. The van der Waals surface area contributed by atoms with Crippen LogP contribution in [0.15, 0.2) is 72.8 Å². The molecule has 1 atom stereocenters. The lowest BCUT2D eigenvalue weighted by Gasteiger charge is -2.13. The monoisotopic (exact) mass is 274 g/mol. The third-order valence-corrected chi connectivity index (χ3v) is 4.22. The second-order valence-corrected chi connectivity index (χ2v) is 5.97. The Balaban J connectivity index is 1.67. The summed E-state index contributed by atoms with van der Waals surface area (Å²) in [5.74, 6) is 0.705. The molecule has 0 aliphatic rings. The molecule has 0 saturated heterocycles. The van der Waals surface area contributed by atoms with Crippen molar-refractivity contribution < 1.29 is 0 Å². The Morgan fingerprint density at radius 3 is 2.33 bits per heavy atom. The molecule has 0 heteroatoms. The van der Waals surface area contributed by atoms with Gasteiger partial charge in [0.15, 0.2) is 0 Å². The molecular formula is C21H22. The maximum Gasteiger partial charge on any atom is -0.0152 e. The van der Waals surface area contributed by atoms with Crippen molar-refractivity contribution in [2.75, 3.05) is 0 Å². The first kappa shape index (κ1) is 13.9. The molecule has 0 saturated carbocycles. The Morgan fingerprint density at radius 1 is 0.762 bits per heavy atom. The molecule has 0 aliphatic carbocycles. The van der Waals surface area contributed by atoms with Gasteiger partial charge in [-0.05, 0) is 47.1 Å². The van der Waals surface area contributed by atoms with Crippen LogP contribution < -0.4 is 0 Å². The van der Waals surface area contributed by atoms with Crippen LogP contribution >= 0.6 is 0 Å². The highest BCUT2D eigenvalue weighted by Gasteiger charge is 2.07. The fourth-order valence-electron chi connectivity index (χ4n) is 3.01. The summed E-state index contributed by atoms with van der Waals surface area (Å²) in [7, 11) is 0. The zero-order chi connectivity index (χ0) is 14.5. The lowest BCUT2D eigenvalue weighted by Crippen LogP contribution is -2.02. The Kier molecular flexibility index (Phi) is 4.35. The van der Waals surface area contributed by atoms with Gasteiger partial charge in [0.05, 0.1) is 0 Å². The highest BCUT2D eigenvalue weighted by Crippen LogP contribution is 2.23. The quantitative estimate of drug-likeness (QED) is 0.564. The van der Waals surface area contributed by atoms with Crippen LogP contribution in [0.4, 0.5) is 0 Å². The Morgan fingerprint density at radius 2 is 1.48 bits per heavy atom. The molecule has 3 rings (SSSR count). The summed E-state index contributed by atoms with van der Waals surface area (Å²) in [6.45, 7) is 2.37. The molecule has 0 heterocycles. The highest BCUT2D eigenvalue weighted by molar-refractivity contribution is 5.85. The number of aryl methyl sites for hydroxylation is 1. The predicted molar refractivity (Wildman–Crippen MR) is 91.6 cm³/mol. The van der Waals surface area contributed by atoms with E-state index < -0.39 is 0 Å². The Bertz CT molecular complexity index is 692. The molecular weight excluding hydrogens is 252 g/mol. The maximum absolute atomic E-state index is 2.37. The minimum Gasteiger partial charge on any atom is -0.0622 e. The number of rotatable bonds is 5. The van der Waals surface area contributed by atoms with Crippen LogP contribution in [-0.2, 0) is 12.8 Å². The van der Waals surface area contributed by atoms with Crippen molar-refractivity contribution in [3.63, 3.8) is 0 Å². The molecule has 0 radical (unpaired) electrons. The molecule has 0 amide bonds. The van der Waals surface area contributed by atoms with Crippen molar-refractivity contribution in [3.05, 3.63) is 83.9 Å². The number of hydrogen-bond donors (Lipinski definition) is 0. The molecule has 0 bridgehead atoms. The van der Waals surface area contributed by atoms with Crippen molar-refractivity contribution in [2.45, 2.75) is 26.2 Å². The van der Waals surface area contributed by atoms with Gasteiger partial charge < -0.3 is 0 Å². The van der Waals surface area contributed by atoms with Gasteiger partial charge in [-0.3, -0.25) is 0 Å². The standard InChI is InChI=1S/C21H22/c1-17(14-15-18-8-3-2-4-9-18)16-20-12-7-11-19-10-5-6-13-21(19)20/h2-13,17H,14-16H2,1H3/t17-/m1/s1. The van der Waals surface area contributed by atoms with Gasteiger partial charge >= 0.3 is 0 Å². The van der Waals surface area contributed by atoms with E-state index in [0.717, 1.165) is 6.42 Å². The van der Waals surface area contributed by atoms with Gasteiger partial charge in [0.2, 0.25) is 0 Å². The number of fused-ring (bicyclic) bond motifs is 1. The van der Waals surface area contributed by atoms with Crippen molar-refractivity contribution in [3.8, 4) is 0 Å². The Labute approximate surface area is 127 Å². The van der Waals surface area contributed by atoms with Crippen LogP contribution in [0.1, 0.15) is 24.5 Å². The normalized spacial score (nSPS) is 12.4. The van der Waals surface area contributed by atoms with Crippen LogP contribution in [0.3, 0.4) is 0 Å². The first-order chi connectivity index (χ1) is 10.3. The second kappa shape index (κ2) is 6.58. The highest BCUT2D eigenvalue weighted by atomic mass is 14.1. The number of hydrogen-bond acceptors (Lipinski definition) is 0. The molecule has 3 aromatic rings. The van der Waals surface area contributed by atoms with Crippen LogP contribution in [0.5, 0.6) is 0 Å². The van der Waals surface area contributed by atoms with Crippen LogP contribution in [-0.4, -0.2) is 0 Å². The van der Waals surface area contributed by atoms with Gasteiger partial charge in [0.1, 0.15) is 0 Å². The van der Waals surface area contributed by atoms with Crippen molar-refractivity contribution in [2.24, 2.45) is 5.92 Å². The SMILES string of the molecule is C[C@H](CCc1ccccc1)Cc1cccc2ccccc12. The summed E-state index contributed by atoms with van der Waals surface area (Å²) in [5, 5.41) is 2.76. The zero-order valence-electron chi connectivity index (χ0n) is 12.6. The molecule has 3 aromatic carbocycles. The van der Waals surface area contributed by atoms with Crippen molar-refractivity contribution >= 4 is 10.8 Å². The van der Waals surface area contributed by atoms with E-state index >= 15 is 0 Å². The van der Waals surface area contributed by atoms with E-state index in [2.05, 4.69) is 79.7 Å². The summed E-state index contributed by atoms with van der Waals surface area (Å²) in [6.07, 6.45) is 3.58. The van der Waals surface area contributed by atoms with Gasteiger partial charge in [-0.2, -0.15) is 0 Å². The van der Waals surface area contributed by atoms with E-state index in [1.165, 1.54) is 34.7 Å². The lowest BCUT2D eigenvalue weighted by atomic mass is 9.92. The minimum absolute atomic E-state index is 0.705. The van der Waals surface area contributed by atoms with Crippen LogP contribution in [0.2, 0.25) is 0 Å². The molecule has 106 valence electrons. The molecule has 0 spiro atoms. The minimum atomic E-state index is 0.705. The van der Waals surface area contributed by atoms with Gasteiger partial charge in [-0.15, -0.1) is 0 Å². The number of benzene rings is 3. The summed E-state index contributed by atoms with van der Waals surface area (Å²) < 4.78 is 0. The average molecular weight is 274 g/mol. The smallest absolute Gasteiger partial charge is 0.0152 e. The van der Waals surface area contributed by atoms with E-state index in [-0.39, 0.29) is 0 Å². The van der Waals surface area contributed by atoms with Gasteiger partial charge in [0.25, 0.3) is 0 Å². The molecule has 0 aromatic heterocycles. The molecule has 0 nitrogen and oxygen atoms in total. The lowest BCUT2D eigenvalue weighted by molar-refractivity contribution is 0.532. The van der Waals surface area contributed by atoms with Crippen molar-refractivity contribution in [1.29, 1.82) is 0 Å². The summed E-state index contributed by atoms with van der Waals surface area (Å²) in [4.78, 5) is 0. The molecule has 21 heavy (non-hydrogen) atoms. The first-order valence-electron chi connectivity index (χ1n) is 7.83. The van der Waals surface area contributed by atoms with E-state index in [0.29, 0.717) is 5.92 Å². The van der Waals surface area contributed by atoms with E-state index in [4.69, 9.17) is 0 Å². The zero-order valence-corrected chi connectivity index (χ0v) is 12.6.